The zero-order chi connectivity index (χ0) is 13.8. The van der Waals surface area contributed by atoms with E-state index in [0.717, 1.165) is 19.3 Å². The first kappa shape index (κ1) is 16.3. The molecule has 0 aliphatic rings. The van der Waals surface area contributed by atoms with Crippen LogP contribution in [0.4, 0.5) is 4.79 Å². The van der Waals surface area contributed by atoms with Crippen molar-refractivity contribution in [3.63, 3.8) is 0 Å². The lowest BCUT2D eigenvalue weighted by Gasteiger charge is -2.12. The first-order chi connectivity index (χ1) is 8.61. The zero-order valence-electron chi connectivity index (χ0n) is 10.6. The number of methoxy groups -OCH3 is 1. The fourth-order valence-electron chi connectivity index (χ4n) is 1.28. The molecule has 0 saturated heterocycles. The highest BCUT2D eigenvalue weighted by Crippen LogP contribution is 1.94. The van der Waals surface area contributed by atoms with Crippen LogP contribution in [0.15, 0.2) is 0 Å². The number of urea groups is 1. The summed E-state index contributed by atoms with van der Waals surface area (Å²) in [5.41, 5.74) is 0. The van der Waals surface area contributed by atoms with E-state index in [-0.39, 0.29) is 6.42 Å². The van der Waals surface area contributed by atoms with E-state index in [0.29, 0.717) is 13.2 Å². The number of carboxylic acid groups (broad SMARTS) is 1. The van der Waals surface area contributed by atoms with Gasteiger partial charge in [-0.05, 0) is 19.3 Å². The van der Waals surface area contributed by atoms with Crippen LogP contribution in [0.3, 0.4) is 0 Å². The molecule has 0 fully saturated rings. The number of carbonyl (C=O) groups is 2. The van der Waals surface area contributed by atoms with Crippen LogP contribution in [-0.4, -0.2) is 43.4 Å². The molecule has 1 unspecified atom stereocenters. The number of carbonyl (C=O) groups excluding carboxylic acids is 1. The highest BCUT2D eigenvalue weighted by molar-refractivity contribution is 5.82. The third-order valence-electron chi connectivity index (χ3n) is 2.24. The predicted molar refractivity (Wildman–Crippen MR) is 67.1 cm³/mol. The molecule has 1 atom stereocenters. The average Bonchev–Trinajstić information content (AvgIpc) is 2.33. The van der Waals surface area contributed by atoms with Crippen molar-refractivity contribution < 1.29 is 19.4 Å². The molecule has 18 heavy (non-hydrogen) atoms. The summed E-state index contributed by atoms with van der Waals surface area (Å²) in [4.78, 5) is 22.1. The number of hydrogen-bond donors (Lipinski definition) is 3. The summed E-state index contributed by atoms with van der Waals surface area (Å²) < 4.78 is 4.89. The van der Waals surface area contributed by atoms with Crippen molar-refractivity contribution in [3.05, 3.63) is 0 Å². The molecule has 0 aromatic heterocycles. The van der Waals surface area contributed by atoms with Crippen molar-refractivity contribution in [1.29, 1.82) is 0 Å². The molecule has 3 N–H and O–H groups in total. The summed E-state index contributed by atoms with van der Waals surface area (Å²) in [6, 6.07) is -1.55. The second-order valence-corrected chi connectivity index (χ2v) is 3.75. The summed E-state index contributed by atoms with van der Waals surface area (Å²) in [6.45, 7) is 1.20. The minimum atomic E-state index is -1.14. The number of hydrogen-bond acceptors (Lipinski definition) is 3. The number of terminal acetylenes is 1. The number of aliphatic carboxylic acids is 1. The largest absolute Gasteiger partial charge is 0.480 e. The molecule has 0 aromatic carbocycles. The number of carboxylic acids is 1. The van der Waals surface area contributed by atoms with E-state index >= 15 is 0 Å². The first-order valence-electron chi connectivity index (χ1n) is 5.81. The molecule has 2 amide bonds. The molecule has 0 bridgehead atoms. The van der Waals surface area contributed by atoms with Crippen molar-refractivity contribution >= 4 is 12.0 Å². The summed E-state index contributed by atoms with van der Waals surface area (Å²) in [7, 11) is 1.64. The Hall–Kier alpha value is -1.74. The summed E-state index contributed by atoms with van der Waals surface area (Å²) >= 11 is 0. The van der Waals surface area contributed by atoms with Gasteiger partial charge in [0.1, 0.15) is 6.04 Å². The van der Waals surface area contributed by atoms with Gasteiger partial charge >= 0.3 is 12.0 Å². The molecule has 0 spiro atoms. The molecule has 0 aliphatic heterocycles. The van der Waals surface area contributed by atoms with Crippen LogP contribution in [-0.2, 0) is 9.53 Å². The molecule has 102 valence electrons. The van der Waals surface area contributed by atoms with Gasteiger partial charge in [0, 0.05) is 26.7 Å². The van der Waals surface area contributed by atoms with E-state index in [2.05, 4.69) is 16.6 Å². The van der Waals surface area contributed by atoms with Gasteiger partial charge in [-0.25, -0.2) is 9.59 Å². The molecular formula is C12H20N2O4. The number of nitrogens with one attached hydrogen (secondary N) is 2. The molecule has 6 heteroatoms. The van der Waals surface area contributed by atoms with E-state index in [1.165, 1.54) is 0 Å². The van der Waals surface area contributed by atoms with Gasteiger partial charge in [-0.1, -0.05) is 0 Å². The molecule has 0 heterocycles. The highest BCUT2D eigenvalue weighted by Gasteiger charge is 2.17. The van der Waals surface area contributed by atoms with Crippen LogP contribution in [0, 0.1) is 12.3 Å². The average molecular weight is 256 g/mol. The Morgan fingerprint density at radius 3 is 2.67 bits per heavy atom. The molecular weight excluding hydrogens is 236 g/mol. The number of ether oxygens (including phenoxy) is 1. The summed E-state index contributed by atoms with van der Waals surface area (Å²) in [5.74, 6) is 1.07. The van der Waals surface area contributed by atoms with Gasteiger partial charge in [0.15, 0.2) is 0 Å². The van der Waals surface area contributed by atoms with Crippen LogP contribution in [0.2, 0.25) is 0 Å². The standard InChI is InChI=1S/C12H20N2O4/c1-3-7-10(11(15)16)14-12(17)13-8-5-4-6-9-18-2/h1,10H,4-9H2,2H3,(H,15,16)(H2,13,14,17). The van der Waals surface area contributed by atoms with Gasteiger partial charge in [-0.15, -0.1) is 12.3 Å². The summed E-state index contributed by atoms with van der Waals surface area (Å²) in [5, 5.41) is 13.7. The van der Waals surface area contributed by atoms with Crippen molar-refractivity contribution in [2.75, 3.05) is 20.3 Å². The third-order valence-corrected chi connectivity index (χ3v) is 2.24. The van der Waals surface area contributed by atoms with Crippen LogP contribution in [0.5, 0.6) is 0 Å². The molecule has 6 nitrogen and oxygen atoms in total. The van der Waals surface area contributed by atoms with Gasteiger partial charge in [0.25, 0.3) is 0 Å². The molecule has 0 saturated carbocycles. The van der Waals surface area contributed by atoms with Crippen molar-refractivity contribution in [3.8, 4) is 12.3 Å². The monoisotopic (exact) mass is 256 g/mol. The number of rotatable bonds is 9. The number of amides is 2. The van der Waals surface area contributed by atoms with Crippen LogP contribution >= 0.6 is 0 Å². The van der Waals surface area contributed by atoms with Gasteiger partial charge < -0.3 is 20.5 Å². The molecule has 0 rings (SSSR count). The minimum absolute atomic E-state index is 0.0312. The van der Waals surface area contributed by atoms with Crippen LogP contribution < -0.4 is 10.6 Å². The van der Waals surface area contributed by atoms with E-state index in [1.807, 2.05) is 0 Å². The normalized spacial score (nSPS) is 11.3. The Morgan fingerprint density at radius 2 is 2.11 bits per heavy atom. The Kier molecular flexibility index (Phi) is 9.41. The van der Waals surface area contributed by atoms with E-state index in [9.17, 15) is 9.59 Å². The Labute approximate surface area is 107 Å². The van der Waals surface area contributed by atoms with E-state index in [1.54, 1.807) is 7.11 Å². The van der Waals surface area contributed by atoms with Gasteiger partial charge in [-0.2, -0.15) is 0 Å². The SMILES string of the molecule is C#CCC(NC(=O)NCCCCCOC)C(=O)O. The lowest BCUT2D eigenvalue weighted by molar-refractivity contribution is -0.139. The van der Waals surface area contributed by atoms with Crippen LogP contribution in [0.25, 0.3) is 0 Å². The Morgan fingerprint density at radius 1 is 1.39 bits per heavy atom. The Balaban J connectivity index is 3.69. The molecule has 0 aliphatic carbocycles. The Bertz CT molecular complexity index is 299. The fourth-order valence-corrected chi connectivity index (χ4v) is 1.28. The van der Waals surface area contributed by atoms with E-state index < -0.39 is 18.0 Å². The second-order valence-electron chi connectivity index (χ2n) is 3.75. The minimum Gasteiger partial charge on any atom is -0.480 e. The maximum Gasteiger partial charge on any atom is 0.327 e. The molecule has 0 aromatic rings. The lowest BCUT2D eigenvalue weighted by atomic mass is 10.2. The quantitative estimate of drug-likeness (QED) is 0.416. The zero-order valence-corrected chi connectivity index (χ0v) is 10.6. The third kappa shape index (κ3) is 8.42. The van der Waals surface area contributed by atoms with Gasteiger partial charge in [-0.3, -0.25) is 0 Å². The first-order valence-corrected chi connectivity index (χ1v) is 5.81. The second kappa shape index (κ2) is 10.4. The fraction of sp³-hybridized carbons (Fsp3) is 0.667. The highest BCUT2D eigenvalue weighted by atomic mass is 16.5. The van der Waals surface area contributed by atoms with Crippen molar-refractivity contribution in [1.82, 2.24) is 10.6 Å². The smallest absolute Gasteiger partial charge is 0.327 e. The van der Waals surface area contributed by atoms with E-state index in [4.69, 9.17) is 16.3 Å². The molecule has 0 radical (unpaired) electrons. The maximum atomic E-state index is 11.3. The number of unbranched alkanes of at least 4 members (excludes halogenated alkanes) is 2. The summed E-state index contributed by atoms with van der Waals surface area (Å²) in [6.07, 6.45) is 7.69. The van der Waals surface area contributed by atoms with Crippen LogP contribution in [0.1, 0.15) is 25.7 Å². The van der Waals surface area contributed by atoms with Crippen molar-refractivity contribution in [2.45, 2.75) is 31.7 Å². The predicted octanol–water partition coefficient (Wildman–Crippen LogP) is 0.579. The van der Waals surface area contributed by atoms with Gasteiger partial charge in [0.05, 0.1) is 0 Å². The lowest BCUT2D eigenvalue weighted by Crippen LogP contribution is -2.46. The maximum absolute atomic E-state index is 11.3. The topological polar surface area (TPSA) is 87.7 Å². The van der Waals surface area contributed by atoms with Crippen molar-refractivity contribution in [2.24, 2.45) is 0 Å². The van der Waals surface area contributed by atoms with Gasteiger partial charge in [0.2, 0.25) is 0 Å².